The van der Waals surface area contributed by atoms with Gasteiger partial charge in [0.15, 0.2) is 0 Å². The van der Waals surface area contributed by atoms with E-state index in [-0.39, 0.29) is 5.57 Å². The molecule has 2 heterocycles. The van der Waals surface area contributed by atoms with Crippen molar-refractivity contribution in [1.29, 1.82) is 0 Å². The van der Waals surface area contributed by atoms with Crippen LogP contribution in [0.5, 0.6) is 0 Å². The van der Waals surface area contributed by atoms with Gasteiger partial charge in [0.25, 0.3) is 0 Å². The molecule has 0 bridgehead atoms. The van der Waals surface area contributed by atoms with Crippen LogP contribution in [0.25, 0.3) is 0 Å². The predicted molar refractivity (Wildman–Crippen MR) is 101 cm³/mol. The molecule has 0 aliphatic carbocycles. The number of hydrogen-bond acceptors (Lipinski definition) is 7. The Hall–Kier alpha value is -3.00. The number of carbonyl (C=O) groups is 1. The van der Waals surface area contributed by atoms with Gasteiger partial charge in [0.1, 0.15) is 5.69 Å². The fourth-order valence-corrected chi connectivity index (χ4v) is 2.48. The summed E-state index contributed by atoms with van der Waals surface area (Å²) in [5, 5.41) is 17.7. The lowest BCUT2D eigenvalue weighted by Crippen LogP contribution is -2.30. The molecule has 2 aromatic heterocycles. The van der Waals surface area contributed by atoms with E-state index in [1.165, 1.54) is 30.5 Å². The van der Waals surface area contributed by atoms with Crippen molar-refractivity contribution in [3.8, 4) is 0 Å². The summed E-state index contributed by atoms with van der Waals surface area (Å²) >= 11 is 6.21. The van der Waals surface area contributed by atoms with Gasteiger partial charge < -0.3 is 10.4 Å². The molecular weight excluding hydrogens is 356 g/mol. The summed E-state index contributed by atoms with van der Waals surface area (Å²) in [6.07, 6.45) is 6.01. The number of nitrogens with zero attached hydrogens (tertiary/aromatic N) is 5. The van der Waals surface area contributed by atoms with Gasteiger partial charge in [-0.2, -0.15) is 5.10 Å². The average Bonchev–Trinajstić information content (AvgIpc) is 2.60. The van der Waals surface area contributed by atoms with E-state index in [0.29, 0.717) is 22.4 Å². The van der Waals surface area contributed by atoms with Crippen molar-refractivity contribution in [1.82, 2.24) is 15.0 Å². The second-order valence-electron chi connectivity index (χ2n) is 5.95. The number of anilines is 2. The first kappa shape index (κ1) is 19.3. The first-order valence-electron chi connectivity index (χ1n) is 7.63. The number of hydrogen-bond donors (Lipinski definition) is 2. The Balaban J connectivity index is 2.21. The highest BCUT2D eigenvalue weighted by atomic mass is 35.5. The third-order valence-corrected chi connectivity index (χ3v) is 3.79. The minimum Gasteiger partial charge on any atom is -0.478 e. The van der Waals surface area contributed by atoms with Crippen LogP contribution in [0.4, 0.5) is 11.6 Å². The first-order valence-corrected chi connectivity index (χ1v) is 8.01. The van der Waals surface area contributed by atoms with Crippen molar-refractivity contribution in [3.63, 3.8) is 0 Å². The predicted octanol–water partition coefficient (Wildman–Crippen LogP) is 3.28. The SMILES string of the molecule is C=NN(/C=C(\C)C(=O)O)c1cnc(NC(C)(C)c2ncccc2Cl)nc1. The van der Waals surface area contributed by atoms with Crippen LogP contribution in [0.15, 0.2) is 47.6 Å². The Labute approximate surface area is 156 Å². The number of hydrazone groups is 1. The van der Waals surface area contributed by atoms with Crippen molar-refractivity contribution >= 4 is 35.9 Å². The number of carboxylic acid groups (broad SMARTS) is 1. The molecule has 0 amide bonds. The average molecular weight is 375 g/mol. The van der Waals surface area contributed by atoms with Gasteiger partial charge in [-0.05, 0) is 32.9 Å². The van der Waals surface area contributed by atoms with E-state index < -0.39 is 11.5 Å². The van der Waals surface area contributed by atoms with Crippen LogP contribution < -0.4 is 10.3 Å². The Morgan fingerprint density at radius 1 is 1.38 bits per heavy atom. The summed E-state index contributed by atoms with van der Waals surface area (Å²) in [4.78, 5) is 23.7. The van der Waals surface area contributed by atoms with E-state index in [1.807, 2.05) is 13.8 Å². The Bertz CT molecular complexity index is 835. The quantitative estimate of drug-likeness (QED) is 0.435. The molecule has 136 valence electrons. The van der Waals surface area contributed by atoms with Crippen LogP contribution in [0, 0.1) is 0 Å². The molecule has 0 fully saturated rings. The van der Waals surface area contributed by atoms with Gasteiger partial charge >= 0.3 is 5.97 Å². The van der Waals surface area contributed by atoms with Crippen LogP contribution in [-0.2, 0) is 10.3 Å². The molecule has 0 aliphatic heterocycles. The monoisotopic (exact) mass is 374 g/mol. The number of aromatic nitrogens is 3. The van der Waals surface area contributed by atoms with Gasteiger partial charge in [-0.1, -0.05) is 11.6 Å². The zero-order chi connectivity index (χ0) is 19.3. The minimum atomic E-state index is -1.05. The molecule has 0 aromatic carbocycles. The summed E-state index contributed by atoms with van der Waals surface area (Å²) in [7, 11) is 0. The lowest BCUT2D eigenvalue weighted by atomic mass is 10.00. The highest BCUT2D eigenvalue weighted by molar-refractivity contribution is 6.31. The zero-order valence-corrected chi connectivity index (χ0v) is 15.4. The Morgan fingerprint density at radius 2 is 2.04 bits per heavy atom. The van der Waals surface area contributed by atoms with Gasteiger partial charge in [0.05, 0.1) is 34.2 Å². The normalized spacial score (nSPS) is 11.8. The molecule has 2 rings (SSSR count). The van der Waals surface area contributed by atoms with Crippen LogP contribution in [0.1, 0.15) is 26.5 Å². The Morgan fingerprint density at radius 3 is 2.58 bits per heavy atom. The molecule has 0 aliphatic rings. The van der Waals surface area contributed by atoms with Crippen molar-refractivity contribution in [2.24, 2.45) is 5.10 Å². The van der Waals surface area contributed by atoms with Crippen molar-refractivity contribution in [3.05, 3.63) is 53.2 Å². The Kier molecular flexibility index (Phi) is 5.89. The summed E-state index contributed by atoms with van der Waals surface area (Å²) in [6, 6.07) is 3.53. The first-order chi connectivity index (χ1) is 12.2. The van der Waals surface area contributed by atoms with Gasteiger partial charge in [0, 0.05) is 19.1 Å². The maximum Gasteiger partial charge on any atom is 0.332 e. The van der Waals surface area contributed by atoms with E-state index in [1.54, 1.807) is 18.3 Å². The highest BCUT2D eigenvalue weighted by Crippen LogP contribution is 2.28. The summed E-state index contributed by atoms with van der Waals surface area (Å²) < 4.78 is 0. The van der Waals surface area contributed by atoms with Crippen molar-refractivity contribution < 1.29 is 9.90 Å². The standard InChI is InChI=1S/C17H19ClN6O2/c1-11(15(25)26)10-24(19-4)12-8-21-16(22-9-12)23-17(2,3)14-13(18)6-5-7-20-14/h5-10H,4H2,1-3H3,(H,25,26)(H,21,22,23)/b11-10+. The maximum absolute atomic E-state index is 10.9. The second kappa shape index (κ2) is 7.92. The van der Waals surface area contributed by atoms with Gasteiger partial charge in [0.2, 0.25) is 5.95 Å². The largest absolute Gasteiger partial charge is 0.478 e. The molecular formula is C17H19ClN6O2. The molecule has 9 heteroatoms. The minimum absolute atomic E-state index is 0.102. The number of rotatable bonds is 7. The van der Waals surface area contributed by atoms with Gasteiger partial charge in [-0.15, -0.1) is 0 Å². The van der Waals surface area contributed by atoms with Crippen LogP contribution in [0.2, 0.25) is 5.02 Å². The molecule has 0 spiro atoms. The van der Waals surface area contributed by atoms with E-state index in [4.69, 9.17) is 16.7 Å². The molecule has 0 atom stereocenters. The van der Waals surface area contributed by atoms with Crippen molar-refractivity contribution in [2.45, 2.75) is 26.3 Å². The lowest BCUT2D eigenvalue weighted by Gasteiger charge is -2.26. The second-order valence-corrected chi connectivity index (χ2v) is 6.36. The molecule has 2 N–H and O–H groups in total. The topological polar surface area (TPSA) is 104 Å². The number of nitrogens with one attached hydrogen (secondary N) is 1. The fourth-order valence-electron chi connectivity index (χ4n) is 2.12. The van der Waals surface area contributed by atoms with E-state index >= 15 is 0 Å². The maximum atomic E-state index is 10.9. The molecule has 0 radical (unpaired) electrons. The van der Waals surface area contributed by atoms with E-state index in [9.17, 15) is 4.79 Å². The zero-order valence-electron chi connectivity index (χ0n) is 14.6. The van der Waals surface area contributed by atoms with Gasteiger partial charge in [-0.3, -0.25) is 4.98 Å². The smallest absolute Gasteiger partial charge is 0.332 e. The van der Waals surface area contributed by atoms with Crippen molar-refractivity contribution in [2.75, 3.05) is 10.3 Å². The lowest BCUT2D eigenvalue weighted by molar-refractivity contribution is -0.132. The van der Waals surface area contributed by atoms with Crippen LogP contribution >= 0.6 is 11.6 Å². The number of pyridine rings is 1. The molecule has 0 saturated heterocycles. The highest BCUT2D eigenvalue weighted by Gasteiger charge is 2.25. The van der Waals surface area contributed by atoms with Crippen LogP contribution in [0.3, 0.4) is 0 Å². The fraction of sp³-hybridized carbons (Fsp3) is 0.235. The summed E-state index contributed by atoms with van der Waals surface area (Å²) in [6.45, 7) is 8.70. The van der Waals surface area contributed by atoms with Crippen LogP contribution in [-0.4, -0.2) is 32.7 Å². The third-order valence-electron chi connectivity index (χ3n) is 3.48. The van der Waals surface area contributed by atoms with Gasteiger partial charge in [-0.25, -0.2) is 19.8 Å². The number of aliphatic carboxylic acids is 1. The number of halogens is 1. The van der Waals surface area contributed by atoms with E-state index in [0.717, 1.165) is 0 Å². The number of carboxylic acids is 1. The molecule has 2 aromatic rings. The molecule has 0 saturated carbocycles. The molecule has 8 nitrogen and oxygen atoms in total. The summed E-state index contributed by atoms with van der Waals surface area (Å²) in [5.41, 5.74) is 0.643. The molecule has 0 unspecified atom stereocenters. The van der Waals surface area contributed by atoms with E-state index in [2.05, 4.69) is 32.1 Å². The molecule has 26 heavy (non-hydrogen) atoms. The summed E-state index contributed by atoms with van der Waals surface area (Å²) in [5.74, 6) is -0.685. The third kappa shape index (κ3) is 4.54.